The Morgan fingerprint density at radius 2 is 2.38 bits per heavy atom. The number of rotatable bonds is 3. The van der Waals surface area contributed by atoms with E-state index < -0.39 is 0 Å². The van der Waals surface area contributed by atoms with Crippen LogP contribution in [0.3, 0.4) is 0 Å². The zero-order valence-corrected chi connectivity index (χ0v) is 12.2. The summed E-state index contributed by atoms with van der Waals surface area (Å²) in [6.45, 7) is 3.04. The fourth-order valence-electron chi connectivity index (χ4n) is 1.77. The fourth-order valence-corrected chi connectivity index (χ4v) is 3.84. The van der Waals surface area contributed by atoms with Gasteiger partial charge in [-0.05, 0) is 31.0 Å². The van der Waals surface area contributed by atoms with Gasteiger partial charge in [-0.1, -0.05) is 33.6 Å². The van der Waals surface area contributed by atoms with Gasteiger partial charge < -0.3 is 4.74 Å². The van der Waals surface area contributed by atoms with Gasteiger partial charge in [0, 0.05) is 27.1 Å². The number of ether oxygens (including phenoxy) is 1. The van der Waals surface area contributed by atoms with Gasteiger partial charge in [-0.3, -0.25) is 0 Å². The summed E-state index contributed by atoms with van der Waals surface area (Å²) in [5.41, 5.74) is 1.20. The van der Waals surface area contributed by atoms with Gasteiger partial charge in [0.05, 0.1) is 6.10 Å². The summed E-state index contributed by atoms with van der Waals surface area (Å²) in [5.74, 6) is 0.963. The van der Waals surface area contributed by atoms with E-state index in [-0.39, 0.29) is 0 Å². The predicted molar refractivity (Wildman–Crippen MR) is 74.3 cm³/mol. The van der Waals surface area contributed by atoms with Gasteiger partial charge >= 0.3 is 0 Å². The van der Waals surface area contributed by atoms with Crippen LogP contribution in [-0.2, 0) is 10.5 Å². The van der Waals surface area contributed by atoms with E-state index in [1.165, 1.54) is 5.56 Å². The number of halogens is 2. The summed E-state index contributed by atoms with van der Waals surface area (Å²) >= 11 is 11.5. The van der Waals surface area contributed by atoms with Gasteiger partial charge in [0.15, 0.2) is 0 Å². The summed E-state index contributed by atoms with van der Waals surface area (Å²) in [6.07, 6.45) is 1.53. The van der Waals surface area contributed by atoms with Crippen molar-refractivity contribution in [1.82, 2.24) is 0 Å². The summed E-state index contributed by atoms with van der Waals surface area (Å²) in [7, 11) is 0. The Morgan fingerprint density at radius 3 is 3.00 bits per heavy atom. The topological polar surface area (TPSA) is 9.23 Å². The molecule has 0 saturated carbocycles. The van der Waals surface area contributed by atoms with Crippen LogP contribution in [0.1, 0.15) is 18.9 Å². The minimum Gasteiger partial charge on any atom is -0.377 e. The van der Waals surface area contributed by atoms with Crippen LogP contribution in [0.15, 0.2) is 22.7 Å². The molecule has 0 aliphatic carbocycles. The predicted octanol–water partition coefficient (Wildman–Crippen LogP) is 4.51. The maximum absolute atomic E-state index is 6.18. The van der Waals surface area contributed by atoms with E-state index in [1.54, 1.807) is 0 Å². The molecule has 1 saturated heterocycles. The maximum Gasteiger partial charge on any atom is 0.0666 e. The van der Waals surface area contributed by atoms with Crippen molar-refractivity contribution in [3.05, 3.63) is 33.3 Å². The molecule has 0 bridgehead atoms. The van der Waals surface area contributed by atoms with E-state index in [0.717, 1.165) is 28.3 Å². The van der Waals surface area contributed by atoms with E-state index in [1.807, 2.05) is 23.9 Å². The molecule has 0 aromatic heterocycles. The lowest BCUT2D eigenvalue weighted by atomic mass is 10.2. The highest BCUT2D eigenvalue weighted by Gasteiger charge is 2.24. The summed E-state index contributed by atoms with van der Waals surface area (Å²) in [6, 6.07) is 6.07. The molecule has 0 spiro atoms. The second-order valence-electron chi connectivity index (χ2n) is 3.95. The number of thioether (sulfide) groups is 1. The quantitative estimate of drug-likeness (QED) is 0.810. The summed E-state index contributed by atoms with van der Waals surface area (Å²) in [5, 5.41) is 1.45. The van der Waals surface area contributed by atoms with Crippen molar-refractivity contribution in [3.8, 4) is 0 Å². The largest absolute Gasteiger partial charge is 0.377 e. The second kappa shape index (κ2) is 5.76. The Bertz CT molecular complexity index is 372. The standard InChI is InChI=1S/C12H14BrClOS/c1-8-12(4-5-15-8)16-7-9-2-3-10(13)6-11(9)14/h2-3,6,8,12H,4-5,7H2,1H3. The molecule has 4 heteroatoms. The van der Waals surface area contributed by atoms with E-state index >= 15 is 0 Å². The Hall–Kier alpha value is 0.300. The molecule has 0 radical (unpaired) electrons. The first kappa shape index (κ1) is 12.7. The summed E-state index contributed by atoms with van der Waals surface area (Å²) in [4.78, 5) is 0. The smallest absolute Gasteiger partial charge is 0.0666 e. The lowest BCUT2D eigenvalue weighted by Gasteiger charge is -2.14. The van der Waals surface area contributed by atoms with E-state index in [9.17, 15) is 0 Å². The van der Waals surface area contributed by atoms with Crippen molar-refractivity contribution in [1.29, 1.82) is 0 Å². The van der Waals surface area contributed by atoms with Crippen molar-refractivity contribution in [2.45, 2.75) is 30.5 Å². The number of hydrogen-bond donors (Lipinski definition) is 0. The molecule has 1 heterocycles. The molecular formula is C12H14BrClOS. The molecule has 0 N–H and O–H groups in total. The van der Waals surface area contributed by atoms with Crippen molar-refractivity contribution >= 4 is 39.3 Å². The third-order valence-electron chi connectivity index (χ3n) is 2.77. The van der Waals surface area contributed by atoms with Gasteiger partial charge in [-0.15, -0.1) is 0 Å². The zero-order chi connectivity index (χ0) is 11.5. The van der Waals surface area contributed by atoms with Crippen LogP contribution in [-0.4, -0.2) is 18.0 Å². The molecule has 0 amide bonds. The molecule has 1 aromatic carbocycles. The van der Waals surface area contributed by atoms with Crippen LogP contribution in [0.5, 0.6) is 0 Å². The first-order chi connectivity index (χ1) is 7.66. The molecule has 1 aliphatic heterocycles. The monoisotopic (exact) mass is 320 g/mol. The third-order valence-corrected chi connectivity index (χ3v) is 5.14. The molecule has 16 heavy (non-hydrogen) atoms. The number of benzene rings is 1. The molecule has 1 fully saturated rings. The van der Waals surface area contributed by atoms with Gasteiger partial charge in [-0.2, -0.15) is 11.8 Å². The SMILES string of the molecule is CC1OCCC1SCc1ccc(Br)cc1Cl. The first-order valence-corrected chi connectivity index (χ1v) is 7.56. The molecule has 1 aliphatic rings. The Balaban J connectivity index is 1.94. The lowest BCUT2D eigenvalue weighted by molar-refractivity contribution is 0.127. The highest BCUT2D eigenvalue weighted by atomic mass is 79.9. The zero-order valence-electron chi connectivity index (χ0n) is 9.08. The van der Waals surface area contributed by atoms with Crippen LogP contribution in [0.4, 0.5) is 0 Å². The minimum absolute atomic E-state index is 0.374. The van der Waals surface area contributed by atoms with Crippen molar-refractivity contribution in [2.24, 2.45) is 0 Å². The normalized spacial score (nSPS) is 24.9. The van der Waals surface area contributed by atoms with Gasteiger partial charge in [-0.25, -0.2) is 0 Å². The Morgan fingerprint density at radius 1 is 1.56 bits per heavy atom. The lowest BCUT2D eigenvalue weighted by Crippen LogP contribution is -2.13. The van der Waals surface area contributed by atoms with E-state index in [2.05, 4.69) is 28.9 Å². The maximum atomic E-state index is 6.18. The van der Waals surface area contributed by atoms with Crippen LogP contribution in [0.2, 0.25) is 5.02 Å². The van der Waals surface area contributed by atoms with Crippen molar-refractivity contribution in [2.75, 3.05) is 6.61 Å². The third kappa shape index (κ3) is 3.16. The average Bonchev–Trinajstić information content (AvgIpc) is 2.63. The van der Waals surface area contributed by atoms with Crippen molar-refractivity contribution in [3.63, 3.8) is 0 Å². The van der Waals surface area contributed by atoms with Crippen LogP contribution < -0.4 is 0 Å². The van der Waals surface area contributed by atoms with Gasteiger partial charge in [0.1, 0.15) is 0 Å². The Kier molecular flexibility index (Phi) is 4.59. The molecule has 1 nitrogen and oxygen atoms in total. The second-order valence-corrected chi connectivity index (χ2v) is 6.50. The van der Waals surface area contributed by atoms with E-state index in [0.29, 0.717) is 11.4 Å². The number of hydrogen-bond acceptors (Lipinski definition) is 2. The molecule has 1 aromatic rings. The highest BCUT2D eigenvalue weighted by molar-refractivity contribution is 9.10. The van der Waals surface area contributed by atoms with Crippen molar-refractivity contribution < 1.29 is 4.74 Å². The molecule has 2 rings (SSSR count). The van der Waals surface area contributed by atoms with Crippen LogP contribution in [0, 0.1) is 0 Å². The molecule has 2 atom stereocenters. The first-order valence-electron chi connectivity index (χ1n) is 5.34. The fraction of sp³-hybridized carbons (Fsp3) is 0.500. The van der Waals surface area contributed by atoms with Gasteiger partial charge in [0.2, 0.25) is 0 Å². The summed E-state index contributed by atoms with van der Waals surface area (Å²) < 4.78 is 6.57. The average molecular weight is 322 g/mol. The molecular weight excluding hydrogens is 308 g/mol. The molecule has 88 valence electrons. The highest BCUT2D eigenvalue weighted by Crippen LogP contribution is 2.31. The van der Waals surface area contributed by atoms with Gasteiger partial charge in [0.25, 0.3) is 0 Å². The molecule has 2 unspecified atom stereocenters. The van der Waals surface area contributed by atoms with E-state index in [4.69, 9.17) is 16.3 Å². The van der Waals surface area contributed by atoms with Crippen LogP contribution >= 0.6 is 39.3 Å². The Labute approximate surface area is 114 Å². The minimum atomic E-state index is 0.374. The van der Waals surface area contributed by atoms with Crippen LogP contribution in [0.25, 0.3) is 0 Å².